The Bertz CT molecular complexity index is 442. The van der Waals surface area contributed by atoms with Crippen LogP contribution in [-0.2, 0) is 18.4 Å². The van der Waals surface area contributed by atoms with Gasteiger partial charge in [-0.3, -0.25) is 14.4 Å². The van der Waals surface area contributed by atoms with Crippen LogP contribution in [0.1, 0.15) is 31.4 Å². The molecule has 1 aromatic rings. The number of amides is 1. The molecule has 1 fully saturated rings. The summed E-state index contributed by atoms with van der Waals surface area (Å²) < 4.78 is 1.79. The first-order chi connectivity index (χ1) is 9.10. The van der Waals surface area contributed by atoms with Gasteiger partial charge in [0.2, 0.25) is 5.91 Å². The lowest BCUT2D eigenvalue weighted by molar-refractivity contribution is -0.136. The third-order valence-corrected chi connectivity index (χ3v) is 3.50. The highest BCUT2D eigenvalue weighted by molar-refractivity contribution is 5.79. The molecule has 0 atom stereocenters. The Labute approximate surface area is 114 Å². The summed E-state index contributed by atoms with van der Waals surface area (Å²) in [6.07, 6.45) is 2.22. The van der Waals surface area contributed by atoms with E-state index in [-0.39, 0.29) is 5.91 Å². The maximum Gasteiger partial charge on any atom is 0.236 e. The van der Waals surface area contributed by atoms with Crippen molar-refractivity contribution in [2.45, 2.75) is 33.2 Å². The van der Waals surface area contributed by atoms with Gasteiger partial charge in [-0.15, -0.1) is 0 Å². The Morgan fingerprint density at radius 1 is 1.32 bits per heavy atom. The minimum absolute atomic E-state index is 0.235. The van der Waals surface area contributed by atoms with Gasteiger partial charge in [0.25, 0.3) is 0 Å². The molecule has 0 saturated carbocycles. The summed E-state index contributed by atoms with van der Waals surface area (Å²) in [7, 11) is 1.90. The lowest BCUT2D eigenvalue weighted by atomic mass is 10.2. The van der Waals surface area contributed by atoms with Gasteiger partial charge in [0.05, 0.1) is 13.1 Å². The first-order valence-corrected chi connectivity index (χ1v) is 6.96. The van der Waals surface area contributed by atoms with Crippen molar-refractivity contribution in [1.82, 2.24) is 24.6 Å². The summed E-state index contributed by atoms with van der Waals surface area (Å²) in [5, 5.41) is 4.23. The monoisotopic (exact) mass is 265 g/mol. The van der Waals surface area contributed by atoms with Crippen molar-refractivity contribution in [3.63, 3.8) is 0 Å². The maximum absolute atomic E-state index is 12.0. The van der Waals surface area contributed by atoms with Crippen molar-refractivity contribution in [1.29, 1.82) is 0 Å². The molecule has 2 rings (SSSR count). The Hall–Kier alpha value is -1.43. The lowest BCUT2D eigenvalue weighted by Gasteiger charge is -2.33. The smallest absolute Gasteiger partial charge is 0.236 e. The van der Waals surface area contributed by atoms with Crippen LogP contribution in [0.15, 0.2) is 0 Å². The predicted molar refractivity (Wildman–Crippen MR) is 72.5 cm³/mol. The number of aryl methyl sites for hydroxylation is 2. The molecule has 0 aliphatic carbocycles. The summed E-state index contributed by atoms with van der Waals surface area (Å²) in [6.45, 7) is 7.87. The molecule has 1 aromatic heterocycles. The van der Waals surface area contributed by atoms with Gasteiger partial charge in [-0.05, 0) is 13.3 Å². The number of aromatic nitrogens is 3. The predicted octanol–water partition coefficient (Wildman–Crippen LogP) is 0.568. The summed E-state index contributed by atoms with van der Waals surface area (Å²) in [5.74, 6) is 1.94. The van der Waals surface area contributed by atoms with Crippen LogP contribution < -0.4 is 0 Å². The highest BCUT2D eigenvalue weighted by Gasteiger charge is 2.24. The fraction of sp³-hybridized carbons (Fsp3) is 0.769. The lowest BCUT2D eigenvalue weighted by Crippen LogP contribution is -2.50. The van der Waals surface area contributed by atoms with Gasteiger partial charge in [0, 0.05) is 26.7 Å². The second kappa shape index (κ2) is 6.14. The van der Waals surface area contributed by atoms with Crippen LogP contribution >= 0.6 is 0 Å². The van der Waals surface area contributed by atoms with Crippen molar-refractivity contribution in [3.8, 4) is 0 Å². The third-order valence-electron chi connectivity index (χ3n) is 3.50. The van der Waals surface area contributed by atoms with Crippen molar-refractivity contribution in [2.24, 2.45) is 7.05 Å². The summed E-state index contributed by atoms with van der Waals surface area (Å²) in [4.78, 5) is 20.5. The van der Waals surface area contributed by atoms with E-state index in [0.717, 1.165) is 44.1 Å². The van der Waals surface area contributed by atoms with Crippen molar-refractivity contribution in [3.05, 3.63) is 11.6 Å². The zero-order valence-electron chi connectivity index (χ0n) is 12.1. The fourth-order valence-corrected chi connectivity index (χ4v) is 2.37. The van der Waals surface area contributed by atoms with Gasteiger partial charge >= 0.3 is 0 Å². The van der Waals surface area contributed by atoms with E-state index in [9.17, 15) is 4.79 Å². The first-order valence-electron chi connectivity index (χ1n) is 6.96. The van der Waals surface area contributed by atoms with Crippen LogP contribution in [0, 0.1) is 6.92 Å². The van der Waals surface area contributed by atoms with Crippen LogP contribution in [0.3, 0.4) is 0 Å². The molecule has 1 amide bonds. The molecule has 0 unspecified atom stereocenters. The topological polar surface area (TPSA) is 54.3 Å². The molecule has 2 heterocycles. The first kappa shape index (κ1) is 14.0. The van der Waals surface area contributed by atoms with E-state index in [1.807, 2.05) is 18.9 Å². The number of carbonyl (C=O) groups is 1. The standard InChI is InChI=1S/C13H23N5O/c1-4-5-6-18-8-7-17(10-13(18)19)9-12-14-11(2)15-16(12)3/h4-10H2,1-3H3. The van der Waals surface area contributed by atoms with Crippen LogP contribution in [-0.4, -0.2) is 56.7 Å². The van der Waals surface area contributed by atoms with Crippen LogP contribution in [0.2, 0.25) is 0 Å². The second-order valence-corrected chi connectivity index (χ2v) is 5.14. The zero-order chi connectivity index (χ0) is 13.8. The van der Waals surface area contributed by atoms with Gasteiger partial charge < -0.3 is 4.90 Å². The summed E-state index contributed by atoms with van der Waals surface area (Å²) in [6, 6.07) is 0. The molecule has 0 aromatic carbocycles. The molecule has 0 bridgehead atoms. The van der Waals surface area contributed by atoms with Gasteiger partial charge in [-0.2, -0.15) is 5.10 Å². The Morgan fingerprint density at radius 2 is 2.11 bits per heavy atom. The van der Waals surface area contributed by atoms with Gasteiger partial charge in [0.1, 0.15) is 11.6 Å². The van der Waals surface area contributed by atoms with E-state index in [4.69, 9.17) is 0 Å². The molecule has 106 valence electrons. The fourth-order valence-electron chi connectivity index (χ4n) is 2.37. The van der Waals surface area contributed by atoms with E-state index in [0.29, 0.717) is 13.1 Å². The quantitative estimate of drug-likeness (QED) is 0.781. The molecule has 1 saturated heterocycles. The normalized spacial score (nSPS) is 17.2. The Morgan fingerprint density at radius 3 is 2.68 bits per heavy atom. The van der Waals surface area contributed by atoms with Crippen molar-refractivity contribution < 1.29 is 4.79 Å². The molecule has 6 nitrogen and oxygen atoms in total. The largest absolute Gasteiger partial charge is 0.340 e. The van der Waals surface area contributed by atoms with Crippen molar-refractivity contribution >= 4 is 5.91 Å². The third kappa shape index (κ3) is 3.53. The van der Waals surface area contributed by atoms with Crippen LogP contribution in [0.5, 0.6) is 0 Å². The molecule has 1 aliphatic heterocycles. The second-order valence-electron chi connectivity index (χ2n) is 5.14. The number of piperazine rings is 1. The minimum Gasteiger partial charge on any atom is -0.340 e. The van der Waals surface area contributed by atoms with Crippen LogP contribution in [0.4, 0.5) is 0 Å². The SMILES string of the molecule is CCCCN1CCN(Cc2nc(C)nn2C)CC1=O. The van der Waals surface area contributed by atoms with E-state index >= 15 is 0 Å². The highest BCUT2D eigenvalue weighted by Crippen LogP contribution is 2.08. The number of carbonyl (C=O) groups excluding carboxylic acids is 1. The Balaban J connectivity index is 1.88. The molecule has 0 N–H and O–H groups in total. The molecule has 0 radical (unpaired) electrons. The average Bonchev–Trinajstić information content (AvgIpc) is 2.67. The number of nitrogens with zero attached hydrogens (tertiary/aromatic N) is 5. The molecule has 6 heteroatoms. The van der Waals surface area contributed by atoms with Crippen LogP contribution in [0.25, 0.3) is 0 Å². The van der Waals surface area contributed by atoms with E-state index in [1.54, 1.807) is 4.68 Å². The number of hydrogen-bond donors (Lipinski definition) is 0. The minimum atomic E-state index is 0.235. The van der Waals surface area contributed by atoms with Gasteiger partial charge in [0.15, 0.2) is 0 Å². The highest BCUT2D eigenvalue weighted by atomic mass is 16.2. The van der Waals surface area contributed by atoms with Crippen molar-refractivity contribution in [2.75, 3.05) is 26.2 Å². The summed E-state index contributed by atoms with van der Waals surface area (Å²) >= 11 is 0. The molecular formula is C13H23N5O. The molecule has 1 aliphatic rings. The molecule has 19 heavy (non-hydrogen) atoms. The number of unbranched alkanes of at least 4 members (excludes halogenated alkanes) is 1. The van der Waals surface area contributed by atoms with E-state index < -0.39 is 0 Å². The molecular weight excluding hydrogens is 242 g/mol. The average molecular weight is 265 g/mol. The number of rotatable bonds is 5. The van der Waals surface area contributed by atoms with Gasteiger partial charge in [-0.1, -0.05) is 13.3 Å². The molecule has 0 spiro atoms. The van der Waals surface area contributed by atoms with E-state index in [1.165, 1.54) is 0 Å². The zero-order valence-corrected chi connectivity index (χ0v) is 12.1. The Kier molecular flexibility index (Phi) is 4.52. The van der Waals surface area contributed by atoms with E-state index in [2.05, 4.69) is 21.9 Å². The van der Waals surface area contributed by atoms with Gasteiger partial charge in [-0.25, -0.2) is 4.98 Å². The number of hydrogen-bond acceptors (Lipinski definition) is 4. The maximum atomic E-state index is 12.0. The summed E-state index contributed by atoms with van der Waals surface area (Å²) in [5.41, 5.74) is 0.